The maximum Gasteiger partial charge on any atom is 0.253 e. The Balaban J connectivity index is 1.41. The van der Waals surface area contributed by atoms with E-state index >= 15 is 0 Å². The van der Waals surface area contributed by atoms with Crippen molar-refractivity contribution in [3.05, 3.63) is 76.9 Å². The molecule has 1 aliphatic rings. The number of piperazine rings is 1. The lowest BCUT2D eigenvalue weighted by Crippen LogP contribution is -2.49. The molecule has 0 radical (unpaired) electrons. The van der Waals surface area contributed by atoms with Crippen molar-refractivity contribution in [3.8, 4) is 11.3 Å². The third kappa shape index (κ3) is 4.14. The molecule has 0 spiro atoms. The minimum Gasteiger partial charge on any atom is -0.352 e. The lowest BCUT2D eigenvalue weighted by molar-refractivity contribution is 0.0746. The second-order valence-electron chi connectivity index (χ2n) is 7.74. The Morgan fingerprint density at radius 3 is 2.24 bits per heavy atom. The zero-order valence-corrected chi connectivity index (χ0v) is 17.2. The summed E-state index contributed by atoms with van der Waals surface area (Å²) in [4.78, 5) is 16.8. The van der Waals surface area contributed by atoms with Gasteiger partial charge in [-0.25, -0.2) is 0 Å². The van der Waals surface area contributed by atoms with Gasteiger partial charge in [-0.1, -0.05) is 41.5 Å². The summed E-state index contributed by atoms with van der Waals surface area (Å²) in [5.74, 6) is 0.964. The minimum absolute atomic E-state index is 0.102. The molecule has 4 rings (SSSR count). The molecule has 0 aliphatic carbocycles. The van der Waals surface area contributed by atoms with E-state index in [9.17, 15) is 4.79 Å². The first kappa shape index (κ1) is 19.1. The van der Waals surface area contributed by atoms with Crippen LogP contribution in [0.5, 0.6) is 0 Å². The van der Waals surface area contributed by atoms with Crippen molar-refractivity contribution in [2.45, 2.75) is 20.8 Å². The van der Waals surface area contributed by atoms with Crippen LogP contribution in [0.2, 0.25) is 0 Å². The minimum atomic E-state index is 0.102. The summed E-state index contributed by atoms with van der Waals surface area (Å²) < 4.78 is 0. The van der Waals surface area contributed by atoms with E-state index in [2.05, 4.69) is 47.1 Å². The molecular formula is C24H26N4O. The van der Waals surface area contributed by atoms with E-state index in [1.807, 2.05) is 48.2 Å². The summed E-state index contributed by atoms with van der Waals surface area (Å²) in [6.07, 6.45) is 0. The number of amides is 1. The van der Waals surface area contributed by atoms with Crippen LogP contribution in [0.25, 0.3) is 11.3 Å². The van der Waals surface area contributed by atoms with Gasteiger partial charge < -0.3 is 9.80 Å². The SMILES string of the molecule is Cc1cccc(C(=O)N2CCN(c3ccc(-c4ccc(C)cc4C)nn3)CC2)c1. The Hall–Kier alpha value is -3.21. The van der Waals surface area contributed by atoms with Crippen LogP contribution < -0.4 is 4.90 Å². The van der Waals surface area contributed by atoms with Gasteiger partial charge in [0.15, 0.2) is 5.82 Å². The number of anilines is 1. The lowest BCUT2D eigenvalue weighted by atomic mass is 10.0. The van der Waals surface area contributed by atoms with Crippen molar-refractivity contribution in [3.63, 3.8) is 0 Å². The maximum absolute atomic E-state index is 12.7. The van der Waals surface area contributed by atoms with Crippen LogP contribution in [0.4, 0.5) is 5.82 Å². The highest BCUT2D eigenvalue weighted by Gasteiger charge is 2.23. The van der Waals surface area contributed by atoms with E-state index < -0.39 is 0 Å². The van der Waals surface area contributed by atoms with Gasteiger partial charge in [0.05, 0.1) is 5.69 Å². The van der Waals surface area contributed by atoms with Crippen molar-refractivity contribution in [1.82, 2.24) is 15.1 Å². The highest BCUT2D eigenvalue weighted by atomic mass is 16.2. The standard InChI is InChI=1S/C24H26N4O/c1-17-5-4-6-20(16-17)24(29)28-13-11-27(12-14-28)23-10-9-22(25-26-23)21-8-7-18(2)15-19(21)3/h4-10,15-16H,11-14H2,1-3H3. The van der Waals surface area contributed by atoms with E-state index in [0.717, 1.165) is 41.3 Å². The smallest absolute Gasteiger partial charge is 0.253 e. The summed E-state index contributed by atoms with van der Waals surface area (Å²) in [6, 6.07) is 18.2. The summed E-state index contributed by atoms with van der Waals surface area (Å²) in [5, 5.41) is 8.91. The molecule has 0 atom stereocenters. The number of nitrogens with zero attached hydrogens (tertiary/aromatic N) is 4. The van der Waals surface area contributed by atoms with E-state index in [4.69, 9.17) is 0 Å². The molecule has 0 N–H and O–H groups in total. The van der Waals surface area contributed by atoms with E-state index in [0.29, 0.717) is 13.1 Å². The monoisotopic (exact) mass is 386 g/mol. The molecule has 1 saturated heterocycles. The molecule has 2 heterocycles. The molecule has 0 unspecified atom stereocenters. The average molecular weight is 386 g/mol. The van der Waals surface area contributed by atoms with Crippen LogP contribution in [0.1, 0.15) is 27.0 Å². The maximum atomic E-state index is 12.7. The number of hydrogen-bond donors (Lipinski definition) is 0. The zero-order chi connectivity index (χ0) is 20.4. The first-order chi connectivity index (χ1) is 14.0. The van der Waals surface area contributed by atoms with E-state index in [-0.39, 0.29) is 5.91 Å². The molecule has 1 fully saturated rings. The topological polar surface area (TPSA) is 49.3 Å². The summed E-state index contributed by atoms with van der Waals surface area (Å²) >= 11 is 0. The van der Waals surface area contributed by atoms with Gasteiger partial charge in [-0.2, -0.15) is 0 Å². The quantitative estimate of drug-likeness (QED) is 0.682. The van der Waals surface area contributed by atoms with Crippen molar-refractivity contribution in [2.24, 2.45) is 0 Å². The van der Waals surface area contributed by atoms with Gasteiger partial charge in [0.2, 0.25) is 0 Å². The molecule has 1 aliphatic heterocycles. The highest BCUT2D eigenvalue weighted by Crippen LogP contribution is 2.23. The van der Waals surface area contributed by atoms with Gasteiger partial charge in [0, 0.05) is 37.3 Å². The zero-order valence-electron chi connectivity index (χ0n) is 17.2. The molecule has 0 bridgehead atoms. The summed E-state index contributed by atoms with van der Waals surface area (Å²) in [7, 11) is 0. The molecule has 1 amide bonds. The number of hydrogen-bond acceptors (Lipinski definition) is 4. The normalized spacial score (nSPS) is 14.2. The lowest BCUT2D eigenvalue weighted by Gasteiger charge is -2.35. The third-order valence-corrected chi connectivity index (χ3v) is 5.46. The number of aromatic nitrogens is 2. The Morgan fingerprint density at radius 2 is 1.59 bits per heavy atom. The van der Waals surface area contributed by atoms with Crippen LogP contribution in [0.3, 0.4) is 0 Å². The Bertz CT molecular complexity index is 1020. The second kappa shape index (κ2) is 8.03. The van der Waals surface area contributed by atoms with Crippen LogP contribution in [0, 0.1) is 20.8 Å². The van der Waals surface area contributed by atoms with Gasteiger partial charge in [0.25, 0.3) is 5.91 Å². The Morgan fingerprint density at radius 1 is 0.828 bits per heavy atom. The fraction of sp³-hybridized carbons (Fsp3) is 0.292. The highest BCUT2D eigenvalue weighted by molar-refractivity contribution is 5.94. The van der Waals surface area contributed by atoms with Gasteiger partial charge in [0.1, 0.15) is 0 Å². The van der Waals surface area contributed by atoms with Crippen LogP contribution in [-0.2, 0) is 0 Å². The predicted molar refractivity (Wildman–Crippen MR) is 116 cm³/mol. The summed E-state index contributed by atoms with van der Waals surface area (Å²) in [5.41, 5.74) is 6.32. The fourth-order valence-corrected chi connectivity index (χ4v) is 3.84. The second-order valence-corrected chi connectivity index (χ2v) is 7.74. The molecule has 148 valence electrons. The summed E-state index contributed by atoms with van der Waals surface area (Å²) in [6.45, 7) is 9.09. The van der Waals surface area contributed by atoms with Gasteiger partial charge in [-0.15, -0.1) is 10.2 Å². The van der Waals surface area contributed by atoms with Gasteiger partial charge >= 0.3 is 0 Å². The third-order valence-electron chi connectivity index (χ3n) is 5.46. The van der Waals surface area contributed by atoms with Gasteiger partial charge in [-0.3, -0.25) is 4.79 Å². The Labute approximate surface area is 172 Å². The average Bonchev–Trinajstić information content (AvgIpc) is 2.74. The van der Waals surface area contributed by atoms with Crippen molar-refractivity contribution in [1.29, 1.82) is 0 Å². The van der Waals surface area contributed by atoms with Crippen LogP contribution in [-0.4, -0.2) is 47.2 Å². The van der Waals surface area contributed by atoms with E-state index in [1.165, 1.54) is 11.1 Å². The molecule has 3 aromatic rings. The Kier molecular flexibility index (Phi) is 5.30. The largest absolute Gasteiger partial charge is 0.352 e. The predicted octanol–water partition coefficient (Wildman–Crippen LogP) is 4.03. The van der Waals surface area contributed by atoms with Gasteiger partial charge in [-0.05, 0) is 50.6 Å². The molecule has 1 aromatic heterocycles. The first-order valence-electron chi connectivity index (χ1n) is 10.0. The van der Waals surface area contributed by atoms with Crippen molar-refractivity contribution >= 4 is 11.7 Å². The fourth-order valence-electron chi connectivity index (χ4n) is 3.84. The number of aryl methyl sites for hydroxylation is 3. The van der Waals surface area contributed by atoms with Crippen LogP contribution >= 0.6 is 0 Å². The number of carbonyl (C=O) groups excluding carboxylic acids is 1. The number of rotatable bonds is 3. The van der Waals surface area contributed by atoms with Crippen molar-refractivity contribution < 1.29 is 4.79 Å². The van der Waals surface area contributed by atoms with Crippen molar-refractivity contribution in [2.75, 3.05) is 31.1 Å². The number of carbonyl (C=O) groups is 1. The molecular weight excluding hydrogens is 360 g/mol. The molecule has 5 heteroatoms. The molecule has 2 aromatic carbocycles. The number of benzene rings is 2. The van der Waals surface area contributed by atoms with Crippen LogP contribution in [0.15, 0.2) is 54.6 Å². The first-order valence-corrected chi connectivity index (χ1v) is 10.0. The molecule has 0 saturated carbocycles. The molecule has 29 heavy (non-hydrogen) atoms. The van der Waals surface area contributed by atoms with E-state index in [1.54, 1.807) is 0 Å². The molecule has 5 nitrogen and oxygen atoms in total.